The van der Waals surface area contributed by atoms with E-state index in [0.717, 1.165) is 25.0 Å². The normalized spacial score (nSPS) is 13.3. The number of carbonyl (C=O) groups is 1. The fraction of sp³-hybridized carbons (Fsp3) is 0.286. The van der Waals surface area contributed by atoms with Crippen LogP contribution in [0.15, 0.2) is 24.3 Å². The molecule has 0 saturated heterocycles. The first-order valence-corrected chi connectivity index (χ1v) is 7.74. The number of urea groups is 1. The molecule has 1 aromatic heterocycles. The molecule has 3 rings (SSSR count). The van der Waals surface area contributed by atoms with E-state index in [1.807, 2.05) is 0 Å². The molecule has 1 aromatic carbocycles. The Kier molecular flexibility index (Phi) is 4.01. The van der Waals surface area contributed by atoms with Gasteiger partial charge in [0.15, 0.2) is 5.13 Å². The first-order chi connectivity index (χ1) is 10.6. The summed E-state index contributed by atoms with van der Waals surface area (Å²) in [6, 6.07) is 5.27. The summed E-state index contributed by atoms with van der Waals surface area (Å²) in [4.78, 5) is 27.7. The van der Waals surface area contributed by atoms with Crippen molar-refractivity contribution < 1.29 is 9.72 Å². The molecule has 0 atom stereocenters. The molecule has 1 aliphatic rings. The monoisotopic (exact) mass is 318 g/mol. The lowest BCUT2D eigenvalue weighted by atomic mass is 10.0. The summed E-state index contributed by atoms with van der Waals surface area (Å²) in [6.45, 7) is 0. The van der Waals surface area contributed by atoms with Crippen LogP contribution in [0.4, 0.5) is 21.3 Å². The average Bonchev–Trinajstić information content (AvgIpc) is 2.89. The van der Waals surface area contributed by atoms with Crippen molar-refractivity contribution >= 4 is 33.9 Å². The fourth-order valence-electron chi connectivity index (χ4n) is 2.33. The summed E-state index contributed by atoms with van der Waals surface area (Å²) in [5.74, 6) is 0. The van der Waals surface area contributed by atoms with Crippen LogP contribution in [0.1, 0.15) is 23.4 Å². The van der Waals surface area contributed by atoms with Gasteiger partial charge in [0.05, 0.1) is 10.6 Å². The van der Waals surface area contributed by atoms with Gasteiger partial charge in [0.1, 0.15) is 0 Å². The first-order valence-electron chi connectivity index (χ1n) is 6.93. The number of benzene rings is 1. The molecule has 0 radical (unpaired) electrons. The van der Waals surface area contributed by atoms with Crippen LogP contribution in [0.2, 0.25) is 0 Å². The highest BCUT2D eigenvalue weighted by molar-refractivity contribution is 7.15. The van der Waals surface area contributed by atoms with E-state index in [0.29, 0.717) is 10.8 Å². The van der Waals surface area contributed by atoms with E-state index >= 15 is 0 Å². The molecule has 0 unspecified atom stereocenters. The Labute approximate surface area is 130 Å². The minimum absolute atomic E-state index is 0.0152. The summed E-state index contributed by atoms with van der Waals surface area (Å²) in [6.07, 6.45) is 4.31. The summed E-state index contributed by atoms with van der Waals surface area (Å²) in [7, 11) is 0. The van der Waals surface area contributed by atoms with Crippen molar-refractivity contribution in [2.24, 2.45) is 0 Å². The maximum Gasteiger partial charge on any atom is 0.325 e. The summed E-state index contributed by atoms with van der Waals surface area (Å²) in [5, 5.41) is 16.5. The van der Waals surface area contributed by atoms with Gasteiger partial charge in [-0.15, -0.1) is 11.3 Å². The second-order valence-corrected chi connectivity index (χ2v) is 6.06. The average molecular weight is 318 g/mol. The van der Waals surface area contributed by atoms with Crippen molar-refractivity contribution in [3.8, 4) is 0 Å². The van der Waals surface area contributed by atoms with Crippen molar-refractivity contribution in [3.05, 3.63) is 45.0 Å². The van der Waals surface area contributed by atoms with Crippen molar-refractivity contribution in [1.29, 1.82) is 0 Å². The van der Waals surface area contributed by atoms with Crippen LogP contribution in [0.25, 0.3) is 0 Å². The minimum Gasteiger partial charge on any atom is -0.308 e. The highest BCUT2D eigenvalue weighted by atomic mass is 32.1. The van der Waals surface area contributed by atoms with Crippen molar-refractivity contribution in [1.82, 2.24) is 4.98 Å². The van der Waals surface area contributed by atoms with Gasteiger partial charge in [0.2, 0.25) is 0 Å². The Bertz CT molecular complexity index is 688. The number of nitrogens with zero attached hydrogens (tertiary/aromatic N) is 2. The number of aromatic nitrogens is 1. The Balaban J connectivity index is 1.62. The van der Waals surface area contributed by atoms with Crippen LogP contribution in [-0.2, 0) is 12.8 Å². The van der Waals surface area contributed by atoms with Crippen LogP contribution in [-0.4, -0.2) is 15.9 Å². The molecule has 1 aliphatic carbocycles. The number of aryl methyl sites for hydroxylation is 2. The number of nitrogens with one attached hydrogen (secondary N) is 2. The maximum atomic E-state index is 11.9. The first kappa shape index (κ1) is 14.5. The molecule has 0 fully saturated rings. The number of nitro groups is 1. The molecule has 7 nitrogen and oxygen atoms in total. The smallest absolute Gasteiger partial charge is 0.308 e. The van der Waals surface area contributed by atoms with Gasteiger partial charge in [-0.05, 0) is 37.8 Å². The zero-order chi connectivity index (χ0) is 15.5. The Hall–Kier alpha value is -2.48. The van der Waals surface area contributed by atoms with Gasteiger partial charge in [-0.2, -0.15) is 0 Å². The molecule has 2 aromatic rings. The quantitative estimate of drug-likeness (QED) is 0.667. The summed E-state index contributed by atoms with van der Waals surface area (Å²) < 4.78 is 0. The number of non-ortho nitro benzene ring substituents is 1. The van der Waals surface area contributed by atoms with Gasteiger partial charge in [-0.3, -0.25) is 15.4 Å². The van der Waals surface area contributed by atoms with Gasteiger partial charge in [0.25, 0.3) is 5.69 Å². The predicted octanol–water partition coefficient (Wildman–Crippen LogP) is 3.57. The second kappa shape index (κ2) is 6.10. The molecule has 0 spiro atoms. The number of thiazole rings is 1. The van der Waals surface area contributed by atoms with Gasteiger partial charge in [-0.1, -0.05) is 0 Å². The summed E-state index contributed by atoms with van der Waals surface area (Å²) >= 11 is 1.51. The molecular weight excluding hydrogens is 304 g/mol. The van der Waals surface area contributed by atoms with Gasteiger partial charge >= 0.3 is 6.03 Å². The molecule has 0 saturated carbocycles. The third-order valence-electron chi connectivity index (χ3n) is 3.40. The fourth-order valence-corrected chi connectivity index (χ4v) is 3.38. The molecule has 2 amide bonds. The number of amides is 2. The van der Waals surface area contributed by atoms with Crippen LogP contribution in [0.5, 0.6) is 0 Å². The third kappa shape index (κ3) is 3.22. The van der Waals surface area contributed by atoms with E-state index in [1.54, 1.807) is 0 Å². The Morgan fingerprint density at radius 1 is 1.18 bits per heavy atom. The lowest BCUT2D eigenvalue weighted by Gasteiger charge is -2.06. The summed E-state index contributed by atoms with van der Waals surface area (Å²) in [5.41, 5.74) is 1.56. The zero-order valence-corrected chi connectivity index (χ0v) is 12.5. The van der Waals surface area contributed by atoms with E-state index < -0.39 is 11.0 Å². The van der Waals surface area contributed by atoms with E-state index in [-0.39, 0.29) is 5.69 Å². The molecule has 114 valence electrons. The van der Waals surface area contributed by atoms with Crippen LogP contribution >= 0.6 is 11.3 Å². The maximum absolute atomic E-state index is 11.9. The number of anilines is 2. The van der Waals surface area contributed by atoms with Crippen LogP contribution < -0.4 is 10.6 Å². The largest absolute Gasteiger partial charge is 0.325 e. The molecule has 0 aliphatic heterocycles. The van der Waals surface area contributed by atoms with Crippen LogP contribution in [0.3, 0.4) is 0 Å². The number of rotatable bonds is 3. The standard InChI is InChI=1S/C14H14N4O3S/c19-13(15-9-5-7-10(8-6-9)18(20)21)17-14-16-11-3-1-2-4-12(11)22-14/h5-8H,1-4H2,(H2,15,16,17,19). The van der Waals surface area contributed by atoms with E-state index in [1.165, 1.54) is 46.9 Å². The zero-order valence-electron chi connectivity index (χ0n) is 11.7. The highest BCUT2D eigenvalue weighted by Gasteiger charge is 2.16. The number of nitro benzene ring substituents is 1. The second-order valence-electron chi connectivity index (χ2n) is 4.98. The Morgan fingerprint density at radius 3 is 2.59 bits per heavy atom. The van der Waals surface area contributed by atoms with Gasteiger partial charge < -0.3 is 5.32 Å². The lowest BCUT2D eigenvalue weighted by molar-refractivity contribution is -0.384. The molecule has 22 heavy (non-hydrogen) atoms. The number of hydrogen-bond donors (Lipinski definition) is 2. The van der Waals surface area contributed by atoms with Crippen molar-refractivity contribution in [2.75, 3.05) is 10.6 Å². The molecule has 2 N–H and O–H groups in total. The molecular formula is C14H14N4O3S. The SMILES string of the molecule is O=C(Nc1ccc([N+](=O)[O-])cc1)Nc1nc2c(s1)CCCC2. The number of fused-ring (bicyclic) bond motifs is 1. The van der Waals surface area contributed by atoms with E-state index in [9.17, 15) is 14.9 Å². The number of carbonyl (C=O) groups excluding carboxylic acids is 1. The molecule has 1 heterocycles. The van der Waals surface area contributed by atoms with Crippen LogP contribution in [0, 0.1) is 10.1 Å². The Morgan fingerprint density at radius 2 is 1.91 bits per heavy atom. The molecule has 8 heteroatoms. The number of hydrogen-bond acceptors (Lipinski definition) is 5. The highest BCUT2D eigenvalue weighted by Crippen LogP contribution is 2.29. The van der Waals surface area contributed by atoms with E-state index in [4.69, 9.17) is 0 Å². The van der Waals surface area contributed by atoms with E-state index in [2.05, 4.69) is 15.6 Å². The van der Waals surface area contributed by atoms with Crippen molar-refractivity contribution in [3.63, 3.8) is 0 Å². The minimum atomic E-state index is -0.482. The van der Waals surface area contributed by atoms with Gasteiger partial charge in [0, 0.05) is 22.7 Å². The third-order valence-corrected chi connectivity index (χ3v) is 4.47. The predicted molar refractivity (Wildman–Crippen MR) is 84.5 cm³/mol. The van der Waals surface area contributed by atoms with Crippen molar-refractivity contribution in [2.45, 2.75) is 25.7 Å². The molecule has 0 bridgehead atoms. The van der Waals surface area contributed by atoms with Gasteiger partial charge in [-0.25, -0.2) is 9.78 Å². The lowest BCUT2D eigenvalue weighted by Crippen LogP contribution is -2.19. The topological polar surface area (TPSA) is 97.2 Å².